The summed E-state index contributed by atoms with van der Waals surface area (Å²) in [6, 6.07) is 0.639. The van der Waals surface area contributed by atoms with E-state index in [0.29, 0.717) is 11.5 Å². The Labute approximate surface area is 102 Å². The van der Waals surface area contributed by atoms with Crippen LogP contribution in [0.3, 0.4) is 0 Å². The Morgan fingerprint density at radius 1 is 1.12 bits per heavy atom. The maximum absolute atomic E-state index is 6.71. The molecule has 1 saturated heterocycles. The largest absolute Gasteiger partial charge is 0.301 e. The third-order valence-electron chi connectivity index (χ3n) is 5.25. The number of fused-ring (bicyclic) bond motifs is 1. The molecular formula is C14H26BN. The van der Waals surface area contributed by atoms with Gasteiger partial charge >= 0.3 is 0 Å². The SMILES string of the molecule is [B][C@]12CC(C(C)C)C[C@@]1(C)CN(C(C)C)C2. The van der Waals surface area contributed by atoms with E-state index in [-0.39, 0.29) is 5.31 Å². The monoisotopic (exact) mass is 219 g/mol. The summed E-state index contributed by atoms with van der Waals surface area (Å²) >= 11 is 0. The molecule has 0 aromatic rings. The Balaban J connectivity index is 2.15. The topological polar surface area (TPSA) is 3.24 Å². The van der Waals surface area contributed by atoms with Crippen LogP contribution >= 0.6 is 0 Å². The highest BCUT2D eigenvalue weighted by molar-refractivity contribution is 6.16. The highest BCUT2D eigenvalue weighted by atomic mass is 15.2. The molecule has 2 heteroatoms. The number of hydrogen-bond donors (Lipinski definition) is 0. The molecule has 1 unspecified atom stereocenters. The molecule has 0 amide bonds. The van der Waals surface area contributed by atoms with Gasteiger partial charge in [-0.1, -0.05) is 27.2 Å². The second kappa shape index (κ2) is 3.76. The van der Waals surface area contributed by atoms with Crippen molar-refractivity contribution in [3.05, 3.63) is 0 Å². The van der Waals surface area contributed by atoms with Gasteiger partial charge < -0.3 is 4.90 Å². The fourth-order valence-corrected chi connectivity index (χ4v) is 3.75. The zero-order valence-corrected chi connectivity index (χ0v) is 11.6. The second-order valence-corrected chi connectivity index (χ2v) is 7.13. The van der Waals surface area contributed by atoms with Crippen LogP contribution in [0.1, 0.15) is 47.5 Å². The molecule has 0 N–H and O–H groups in total. The standard InChI is InChI=1S/C14H26BN/c1-10(2)12-6-13(5)8-16(11(3)4)9-14(13,15)7-12/h10-12H,6-9H2,1-5H3/t12?,13-,14-/m0/s1. The molecule has 1 aliphatic heterocycles. The van der Waals surface area contributed by atoms with Gasteiger partial charge in [0.25, 0.3) is 0 Å². The highest BCUT2D eigenvalue weighted by Gasteiger charge is 2.57. The molecule has 1 heterocycles. The first kappa shape index (κ1) is 12.5. The zero-order chi connectivity index (χ0) is 12.1. The minimum absolute atomic E-state index is 0.0756. The van der Waals surface area contributed by atoms with Crippen LogP contribution in [-0.4, -0.2) is 31.9 Å². The van der Waals surface area contributed by atoms with Crippen molar-refractivity contribution in [3.8, 4) is 0 Å². The van der Waals surface area contributed by atoms with Gasteiger partial charge in [0, 0.05) is 12.6 Å². The average Bonchev–Trinajstić information content (AvgIpc) is 2.50. The van der Waals surface area contributed by atoms with Crippen LogP contribution in [-0.2, 0) is 0 Å². The Hall–Kier alpha value is 0.0249. The van der Waals surface area contributed by atoms with Crippen molar-refractivity contribution in [1.82, 2.24) is 4.90 Å². The van der Waals surface area contributed by atoms with Crippen molar-refractivity contribution in [1.29, 1.82) is 0 Å². The van der Waals surface area contributed by atoms with Crippen LogP contribution in [0.2, 0.25) is 5.31 Å². The van der Waals surface area contributed by atoms with Crippen molar-refractivity contribution < 1.29 is 0 Å². The minimum Gasteiger partial charge on any atom is -0.301 e. The maximum atomic E-state index is 6.71. The van der Waals surface area contributed by atoms with Crippen LogP contribution in [0.5, 0.6) is 0 Å². The van der Waals surface area contributed by atoms with Gasteiger partial charge in [0.15, 0.2) is 0 Å². The normalized spacial score (nSPS) is 44.6. The van der Waals surface area contributed by atoms with Gasteiger partial charge in [-0.05, 0) is 49.4 Å². The van der Waals surface area contributed by atoms with Gasteiger partial charge in [0.05, 0.1) is 7.85 Å². The van der Waals surface area contributed by atoms with E-state index >= 15 is 0 Å². The third-order valence-corrected chi connectivity index (χ3v) is 5.25. The Morgan fingerprint density at radius 2 is 1.75 bits per heavy atom. The molecule has 2 rings (SSSR count). The van der Waals surface area contributed by atoms with Crippen LogP contribution < -0.4 is 0 Å². The molecular weight excluding hydrogens is 193 g/mol. The summed E-state index contributed by atoms with van der Waals surface area (Å²) in [5.74, 6) is 1.62. The van der Waals surface area contributed by atoms with E-state index in [9.17, 15) is 0 Å². The van der Waals surface area contributed by atoms with Gasteiger partial charge in [-0.3, -0.25) is 0 Å². The Bertz CT molecular complexity index is 232. The number of rotatable bonds is 2. The molecule has 0 bridgehead atoms. The first-order chi connectivity index (χ1) is 7.27. The van der Waals surface area contributed by atoms with Crippen LogP contribution in [0.25, 0.3) is 0 Å². The van der Waals surface area contributed by atoms with Crippen LogP contribution in [0.4, 0.5) is 0 Å². The van der Waals surface area contributed by atoms with E-state index in [1.165, 1.54) is 19.4 Å². The Kier molecular flexibility index (Phi) is 2.94. The molecule has 3 atom stereocenters. The zero-order valence-electron chi connectivity index (χ0n) is 11.6. The molecule has 90 valence electrons. The summed E-state index contributed by atoms with van der Waals surface area (Å²) in [7, 11) is 6.71. The lowest BCUT2D eigenvalue weighted by atomic mass is 9.57. The average molecular weight is 219 g/mol. The van der Waals surface area contributed by atoms with Gasteiger partial charge in [-0.2, -0.15) is 0 Å². The fourth-order valence-electron chi connectivity index (χ4n) is 3.75. The predicted molar refractivity (Wildman–Crippen MR) is 70.8 cm³/mol. The lowest BCUT2D eigenvalue weighted by molar-refractivity contribution is 0.210. The first-order valence-corrected chi connectivity index (χ1v) is 6.80. The first-order valence-electron chi connectivity index (χ1n) is 6.80. The quantitative estimate of drug-likeness (QED) is 0.645. The molecule has 2 fully saturated rings. The Morgan fingerprint density at radius 3 is 2.19 bits per heavy atom. The summed E-state index contributed by atoms with van der Waals surface area (Å²) < 4.78 is 0. The number of nitrogens with zero attached hydrogens (tertiary/aromatic N) is 1. The van der Waals surface area contributed by atoms with E-state index in [1.807, 2.05) is 0 Å². The molecule has 2 aliphatic rings. The maximum Gasteiger partial charge on any atom is 0.0772 e. The molecule has 16 heavy (non-hydrogen) atoms. The van der Waals surface area contributed by atoms with Gasteiger partial charge in [0.1, 0.15) is 0 Å². The molecule has 0 spiro atoms. The van der Waals surface area contributed by atoms with E-state index in [1.54, 1.807) is 0 Å². The second-order valence-electron chi connectivity index (χ2n) is 7.13. The van der Waals surface area contributed by atoms with E-state index in [2.05, 4.69) is 39.5 Å². The molecule has 1 aliphatic carbocycles. The fraction of sp³-hybridized carbons (Fsp3) is 1.00. The smallest absolute Gasteiger partial charge is 0.0772 e. The van der Waals surface area contributed by atoms with E-state index < -0.39 is 0 Å². The van der Waals surface area contributed by atoms with Crippen molar-refractivity contribution >= 4 is 7.85 Å². The minimum atomic E-state index is 0.0756. The summed E-state index contributed by atoms with van der Waals surface area (Å²) in [6.45, 7) is 14.0. The molecule has 2 radical (unpaired) electrons. The van der Waals surface area contributed by atoms with Crippen LogP contribution in [0.15, 0.2) is 0 Å². The number of hydrogen-bond acceptors (Lipinski definition) is 1. The summed E-state index contributed by atoms with van der Waals surface area (Å²) in [4.78, 5) is 2.57. The van der Waals surface area contributed by atoms with Gasteiger partial charge in [-0.25, -0.2) is 0 Å². The summed E-state index contributed by atoms with van der Waals surface area (Å²) in [5, 5.41) is 0.0756. The molecule has 0 aromatic carbocycles. The summed E-state index contributed by atoms with van der Waals surface area (Å²) in [5.41, 5.74) is 0.353. The predicted octanol–water partition coefficient (Wildman–Crippen LogP) is 3.11. The van der Waals surface area contributed by atoms with Crippen LogP contribution in [0, 0.1) is 17.3 Å². The molecule has 1 saturated carbocycles. The van der Waals surface area contributed by atoms with E-state index in [4.69, 9.17) is 7.85 Å². The lowest BCUT2D eigenvalue weighted by Gasteiger charge is -2.33. The lowest BCUT2D eigenvalue weighted by Crippen LogP contribution is -2.31. The molecule has 0 aromatic heterocycles. The van der Waals surface area contributed by atoms with E-state index in [0.717, 1.165) is 18.4 Å². The van der Waals surface area contributed by atoms with Gasteiger partial charge in [-0.15, -0.1) is 0 Å². The highest BCUT2D eigenvalue weighted by Crippen LogP contribution is 2.64. The van der Waals surface area contributed by atoms with Crippen molar-refractivity contribution in [2.45, 2.75) is 58.8 Å². The molecule has 1 nitrogen and oxygen atoms in total. The van der Waals surface area contributed by atoms with Crippen molar-refractivity contribution in [2.24, 2.45) is 17.3 Å². The summed E-state index contributed by atoms with van der Waals surface area (Å²) in [6.07, 6.45) is 2.55. The van der Waals surface area contributed by atoms with Crippen molar-refractivity contribution in [2.75, 3.05) is 13.1 Å². The number of likely N-dealkylation sites (tertiary alicyclic amines) is 1. The van der Waals surface area contributed by atoms with Gasteiger partial charge in [0.2, 0.25) is 0 Å². The third kappa shape index (κ3) is 1.74. The van der Waals surface area contributed by atoms with Crippen molar-refractivity contribution in [3.63, 3.8) is 0 Å².